The molecule has 2 heterocycles. The molecule has 0 bridgehead atoms. The number of aliphatic hydroxyl groups is 1. The Labute approximate surface area is 205 Å². The van der Waals surface area contributed by atoms with E-state index in [1.54, 1.807) is 48.7 Å². The van der Waals surface area contributed by atoms with Crippen molar-refractivity contribution in [3.05, 3.63) is 98.3 Å². The smallest absolute Gasteiger partial charge is 0.296 e. The molecule has 6 nitrogen and oxygen atoms in total. The summed E-state index contributed by atoms with van der Waals surface area (Å²) in [4.78, 5) is 31.8. The molecular weight excluding hydrogens is 487 g/mol. The van der Waals surface area contributed by atoms with Crippen molar-refractivity contribution < 1.29 is 19.4 Å². The van der Waals surface area contributed by atoms with Crippen molar-refractivity contribution in [2.75, 3.05) is 7.11 Å². The highest BCUT2D eigenvalue weighted by atomic mass is 35.5. The van der Waals surface area contributed by atoms with E-state index in [1.807, 2.05) is 0 Å². The van der Waals surface area contributed by atoms with Gasteiger partial charge < -0.3 is 14.7 Å². The fraction of sp³-hybridized carbons (Fsp3) is 0.125. The monoisotopic (exact) mass is 502 g/mol. The van der Waals surface area contributed by atoms with Crippen molar-refractivity contribution in [3.8, 4) is 5.75 Å². The van der Waals surface area contributed by atoms with Crippen LogP contribution >= 0.6 is 34.8 Å². The third-order valence-electron chi connectivity index (χ3n) is 5.29. The lowest BCUT2D eigenvalue weighted by Gasteiger charge is -2.25. The molecule has 0 aliphatic carbocycles. The molecule has 1 aromatic heterocycles. The molecule has 0 radical (unpaired) electrons. The van der Waals surface area contributed by atoms with E-state index in [9.17, 15) is 14.7 Å². The Balaban J connectivity index is 1.92. The molecule has 9 heteroatoms. The van der Waals surface area contributed by atoms with Gasteiger partial charge in [0.15, 0.2) is 0 Å². The van der Waals surface area contributed by atoms with Gasteiger partial charge in [-0.25, -0.2) is 0 Å². The third-order valence-corrected chi connectivity index (χ3v) is 6.36. The number of carbonyl (C=O) groups excluding carboxylic acids is 2. The van der Waals surface area contributed by atoms with Gasteiger partial charge in [-0.1, -0.05) is 46.9 Å². The van der Waals surface area contributed by atoms with Crippen LogP contribution in [-0.2, 0) is 16.1 Å². The summed E-state index contributed by atoms with van der Waals surface area (Å²) in [6.07, 6.45) is 1.59. The minimum Gasteiger partial charge on any atom is -0.507 e. The quantitative estimate of drug-likeness (QED) is 0.276. The zero-order valence-corrected chi connectivity index (χ0v) is 19.5. The number of aliphatic hydroxyl groups excluding tert-OH is 1. The van der Waals surface area contributed by atoms with Gasteiger partial charge >= 0.3 is 0 Å². The van der Waals surface area contributed by atoms with E-state index in [1.165, 1.54) is 24.1 Å². The van der Waals surface area contributed by atoms with Crippen LogP contribution in [0.25, 0.3) is 5.76 Å². The maximum absolute atomic E-state index is 13.2. The number of rotatable bonds is 5. The molecule has 1 aliphatic heterocycles. The highest BCUT2D eigenvalue weighted by Crippen LogP contribution is 2.42. The van der Waals surface area contributed by atoms with Gasteiger partial charge in [0.05, 0.1) is 46.0 Å². The van der Waals surface area contributed by atoms with Crippen LogP contribution in [-0.4, -0.2) is 33.8 Å². The molecule has 3 aromatic rings. The number of carbonyl (C=O) groups is 2. The standard InChI is InChI=1S/C24H17Cl3N2O4/c1-33-15-6-8-17(25)16(11-15)22(30)20-21(13-5-7-18(26)19(27)10-13)29(24(32)23(20)31)12-14-4-2-3-9-28-14/h2-11,21,30H,12H2,1H3/b22-20+. The van der Waals surface area contributed by atoms with Gasteiger partial charge in [0.25, 0.3) is 11.7 Å². The fourth-order valence-electron chi connectivity index (χ4n) is 3.70. The second-order valence-corrected chi connectivity index (χ2v) is 8.49. The predicted molar refractivity (Wildman–Crippen MR) is 127 cm³/mol. The maximum atomic E-state index is 13.2. The minimum atomic E-state index is -0.941. The number of ether oxygens (including phenoxy) is 1. The topological polar surface area (TPSA) is 79.7 Å². The molecule has 1 unspecified atom stereocenters. The number of Topliss-reactive ketones (excluding diaryl/α,β-unsaturated/α-hetero) is 1. The van der Waals surface area contributed by atoms with Crippen LogP contribution in [0.3, 0.4) is 0 Å². The second-order valence-electron chi connectivity index (χ2n) is 7.27. The molecule has 4 rings (SSSR count). The van der Waals surface area contributed by atoms with E-state index in [0.717, 1.165) is 0 Å². The number of likely N-dealkylation sites (tertiary alicyclic amines) is 1. The first-order valence-corrected chi connectivity index (χ1v) is 10.9. The molecule has 1 saturated heterocycles. The summed E-state index contributed by atoms with van der Waals surface area (Å²) < 4.78 is 5.22. The summed E-state index contributed by atoms with van der Waals surface area (Å²) in [7, 11) is 1.47. The van der Waals surface area contributed by atoms with Crippen molar-refractivity contribution in [1.82, 2.24) is 9.88 Å². The van der Waals surface area contributed by atoms with Crippen LogP contribution in [0.5, 0.6) is 5.75 Å². The minimum absolute atomic E-state index is 0.0406. The van der Waals surface area contributed by atoms with Crippen molar-refractivity contribution in [2.45, 2.75) is 12.6 Å². The van der Waals surface area contributed by atoms with Gasteiger partial charge in [-0.3, -0.25) is 14.6 Å². The Bertz CT molecular complexity index is 1280. The van der Waals surface area contributed by atoms with Crippen LogP contribution < -0.4 is 4.74 Å². The number of halogens is 3. The summed E-state index contributed by atoms with van der Waals surface area (Å²) in [6.45, 7) is 0.0406. The first kappa shape index (κ1) is 23.1. The normalized spacial score (nSPS) is 17.5. The largest absolute Gasteiger partial charge is 0.507 e. The lowest BCUT2D eigenvalue weighted by atomic mass is 9.95. The zero-order chi connectivity index (χ0) is 23.7. The van der Waals surface area contributed by atoms with Crippen LogP contribution in [0.15, 0.2) is 66.4 Å². The third kappa shape index (κ3) is 4.42. The van der Waals surface area contributed by atoms with E-state index < -0.39 is 23.5 Å². The Morgan fingerprint density at radius 3 is 2.45 bits per heavy atom. The molecule has 33 heavy (non-hydrogen) atoms. The van der Waals surface area contributed by atoms with Gasteiger partial charge in [0.2, 0.25) is 0 Å². The Morgan fingerprint density at radius 2 is 1.79 bits per heavy atom. The average Bonchev–Trinajstić information content (AvgIpc) is 3.06. The number of amides is 1. The number of benzene rings is 2. The van der Waals surface area contributed by atoms with Gasteiger partial charge in [-0.05, 0) is 48.0 Å². The van der Waals surface area contributed by atoms with E-state index in [-0.39, 0.29) is 27.7 Å². The van der Waals surface area contributed by atoms with Crippen molar-refractivity contribution in [3.63, 3.8) is 0 Å². The zero-order valence-electron chi connectivity index (χ0n) is 17.3. The first-order valence-electron chi connectivity index (χ1n) is 9.79. The van der Waals surface area contributed by atoms with Gasteiger partial charge in [-0.2, -0.15) is 0 Å². The molecule has 1 N–H and O–H groups in total. The molecule has 1 fully saturated rings. The fourth-order valence-corrected chi connectivity index (χ4v) is 4.21. The van der Waals surface area contributed by atoms with Crippen molar-refractivity contribution >= 4 is 52.3 Å². The van der Waals surface area contributed by atoms with E-state index in [2.05, 4.69) is 4.98 Å². The molecule has 1 amide bonds. The SMILES string of the molecule is COc1ccc(Cl)c(/C(O)=C2\C(=O)C(=O)N(Cc3ccccn3)C2c2ccc(Cl)c(Cl)c2)c1. The van der Waals surface area contributed by atoms with Crippen LogP contribution in [0.1, 0.15) is 22.9 Å². The summed E-state index contributed by atoms with van der Waals surface area (Å²) in [5.41, 5.74) is 1.12. The molecule has 0 spiro atoms. The predicted octanol–water partition coefficient (Wildman–Crippen LogP) is 5.67. The van der Waals surface area contributed by atoms with Crippen LogP contribution in [0, 0.1) is 0 Å². The molecule has 168 valence electrons. The number of nitrogens with zero attached hydrogens (tertiary/aromatic N) is 2. The van der Waals surface area contributed by atoms with Crippen LogP contribution in [0.2, 0.25) is 15.1 Å². The number of aromatic nitrogens is 1. The van der Waals surface area contributed by atoms with Crippen LogP contribution in [0.4, 0.5) is 0 Å². The Morgan fingerprint density at radius 1 is 1.03 bits per heavy atom. The second kappa shape index (κ2) is 9.43. The summed E-state index contributed by atoms with van der Waals surface area (Å²) in [5.74, 6) is -1.62. The van der Waals surface area contributed by atoms with Gasteiger partial charge in [0.1, 0.15) is 11.5 Å². The number of ketones is 1. The molecular formula is C24H17Cl3N2O4. The molecule has 1 atom stereocenters. The summed E-state index contributed by atoms with van der Waals surface area (Å²) in [6, 6.07) is 13.8. The highest BCUT2D eigenvalue weighted by molar-refractivity contribution is 6.47. The number of hydrogen-bond donors (Lipinski definition) is 1. The summed E-state index contributed by atoms with van der Waals surface area (Å²) >= 11 is 18.6. The van der Waals surface area contributed by atoms with Gasteiger partial charge in [0, 0.05) is 11.8 Å². The molecule has 1 aliphatic rings. The average molecular weight is 504 g/mol. The van der Waals surface area contributed by atoms with E-state index in [0.29, 0.717) is 22.0 Å². The Hall–Kier alpha value is -3.06. The number of methoxy groups -OCH3 is 1. The van der Waals surface area contributed by atoms with Crippen molar-refractivity contribution in [1.29, 1.82) is 0 Å². The van der Waals surface area contributed by atoms with E-state index in [4.69, 9.17) is 39.5 Å². The van der Waals surface area contributed by atoms with Crippen molar-refractivity contribution in [2.24, 2.45) is 0 Å². The lowest BCUT2D eigenvalue weighted by molar-refractivity contribution is -0.140. The lowest BCUT2D eigenvalue weighted by Crippen LogP contribution is -2.29. The van der Waals surface area contributed by atoms with E-state index >= 15 is 0 Å². The summed E-state index contributed by atoms with van der Waals surface area (Å²) in [5, 5.41) is 12.0. The molecule has 0 saturated carbocycles. The molecule has 2 aromatic carbocycles. The number of hydrogen-bond acceptors (Lipinski definition) is 5. The first-order chi connectivity index (χ1) is 15.8. The highest BCUT2D eigenvalue weighted by Gasteiger charge is 2.46. The number of pyridine rings is 1. The maximum Gasteiger partial charge on any atom is 0.296 e. The Kier molecular flexibility index (Phi) is 6.61. The van der Waals surface area contributed by atoms with Gasteiger partial charge in [-0.15, -0.1) is 0 Å².